The molecule has 0 saturated carbocycles. The molecule has 1 aliphatic rings. The molecule has 4 heterocycles. The standard InChI is InChI=1S/C21H21N5O3S2/c1-31(27,28)20-5-4-19(30-20)21-15-10-14(2-3-17(15)22-13-23-21)16-11-24-25-18(16)12-26-6-8-29-9-7-26/h2-5,10-11,13H,6-9,12H2,1H3,(H,24,25). The van der Waals surface area contributed by atoms with Gasteiger partial charge in [-0.2, -0.15) is 5.10 Å². The minimum absolute atomic E-state index is 0.327. The van der Waals surface area contributed by atoms with Crippen LogP contribution in [0, 0.1) is 0 Å². The Hall–Kier alpha value is -2.66. The summed E-state index contributed by atoms with van der Waals surface area (Å²) in [6.07, 6.45) is 4.64. The van der Waals surface area contributed by atoms with Gasteiger partial charge in [-0.1, -0.05) is 6.07 Å². The van der Waals surface area contributed by atoms with Crippen LogP contribution >= 0.6 is 11.3 Å². The molecule has 0 aliphatic carbocycles. The Balaban J connectivity index is 1.55. The predicted molar refractivity (Wildman–Crippen MR) is 120 cm³/mol. The largest absolute Gasteiger partial charge is 0.379 e. The van der Waals surface area contributed by atoms with E-state index < -0.39 is 9.84 Å². The van der Waals surface area contributed by atoms with Gasteiger partial charge in [-0.25, -0.2) is 18.4 Å². The number of aromatic amines is 1. The average Bonchev–Trinajstić information content (AvgIpc) is 3.43. The number of nitrogens with zero attached hydrogens (tertiary/aromatic N) is 4. The zero-order chi connectivity index (χ0) is 21.4. The Bertz CT molecular complexity index is 1340. The summed E-state index contributed by atoms with van der Waals surface area (Å²) in [4.78, 5) is 12.0. The maximum Gasteiger partial charge on any atom is 0.184 e. The van der Waals surface area contributed by atoms with Crippen LogP contribution < -0.4 is 0 Å². The quantitative estimate of drug-likeness (QED) is 0.494. The van der Waals surface area contributed by atoms with Gasteiger partial charge < -0.3 is 4.74 Å². The molecule has 10 heteroatoms. The number of nitrogens with one attached hydrogen (secondary N) is 1. The molecule has 1 aromatic carbocycles. The smallest absolute Gasteiger partial charge is 0.184 e. The van der Waals surface area contributed by atoms with E-state index in [1.807, 2.05) is 18.3 Å². The van der Waals surface area contributed by atoms with Gasteiger partial charge in [0.05, 0.1) is 35.0 Å². The van der Waals surface area contributed by atoms with Crippen molar-refractivity contribution in [2.45, 2.75) is 10.8 Å². The normalized spacial score (nSPS) is 15.5. The second-order valence-corrected chi connectivity index (χ2v) is 10.8. The molecule has 160 valence electrons. The van der Waals surface area contributed by atoms with Crippen LogP contribution in [0.4, 0.5) is 0 Å². The highest BCUT2D eigenvalue weighted by Crippen LogP contribution is 2.35. The molecule has 1 saturated heterocycles. The average molecular weight is 456 g/mol. The summed E-state index contributed by atoms with van der Waals surface area (Å²) in [6, 6.07) is 9.48. The van der Waals surface area contributed by atoms with Gasteiger partial charge >= 0.3 is 0 Å². The van der Waals surface area contributed by atoms with Crippen molar-refractivity contribution in [3.05, 3.63) is 48.5 Å². The lowest BCUT2D eigenvalue weighted by Crippen LogP contribution is -2.35. The Kier molecular flexibility index (Phi) is 5.30. The number of thiophene rings is 1. The summed E-state index contributed by atoms with van der Waals surface area (Å²) in [7, 11) is -3.26. The van der Waals surface area contributed by atoms with Crippen LogP contribution in [-0.4, -0.2) is 66.0 Å². The van der Waals surface area contributed by atoms with Crippen LogP contribution in [0.2, 0.25) is 0 Å². The van der Waals surface area contributed by atoms with Crippen LogP contribution in [0.15, 0.2) is 47.1 Å². The number of hydrogen-bond acceptors (Lipinski definition) is 8. The lowest BCUT2D eigenvalue weighted by Gasteiger charge is -2.26. The predicted octanol–water partition coefficient (Wildman–Crippen LogP) is 2.98. The number of sulfone groups is 1. The molecular formula is C21H21N5O3S2. The Morgan fingerprint density at radius 2 is 2.00 bits per heavy atom. The topological polar surface area (TPSA) is 101 Å². The first kappa shape index (κ1) is 20.3. The maximum absolute atomic E-state index is 11.9. The Morgan fingerprint density at radius 1 is 1.16 bits per heavy atom. The zero-order valence-corrected chi connectivity index (χ0v) is 18.5. The van der Waals surface area contributed by atoms with Crippen molar-refractivity contribution in [1.82, 2.24) is 25.1 Å². The van der Waals surface area contributed by atoms with Crippen molar-refractivity contribution in [2.24, 2.45) is 0 Å². The first-order chi connectivity index (χ1) is 15.0. The zero-order valence-electron chi connectivity index (χ0n) is 16.9. The maximum atomic E-state index is 11.9. The lowest BCUT2D eigenvalue weighted by molar-refractivity contribution is 0.0337. The van der Waals surface area contributed by atoms with E-state index in [4.69, 9.17) is 4.74 Å². The number of benzene rings is 1. The number of morpholine rings is 1. The van der Waals surface area contributed by atoms with E-state index in [-0.39, 0.29) is 0 Å². The van der Waals surface area contributed by atoms with E-state index in [1.165, 1.54) is 23.9 Å². The second-order valence-electron chi connectivity index (χ2n) is 7.48. The molecule has 1 aliphatic heterocycles. The number of aromatic nitrogens is 4. The summed E-state index contributed by atoms with van der Waals surface area (Å²) in [6.45, 7) is 4.02. The fourth-order valence-corrected chi connectivity index (χ4v) is 5.67. The highest BCUT2D eigenvalue weighted by molar-refractivity contribution is 7.92. The number of hydrogen-bond donors (Lipinski definition) is 1. The van der Waals surface area contributed by atoms with Crippen molar-refractivity contribution >= 4 is 32.1 Å². The van der Waals surface area contributed by atoms with Crippen molar-refractivity contribution in [2.75, 3.05) is 32.6 Å². The number of fused-ring (bicyclic) bond motifs is 1. The van der Waals surface area contributed by atoms with E-state index in [1.54, 1.807) is 12.1 Å². The van der Waals surface area contributed by atoms with Gasteiger partial charge in [0.2, 0.25) is 0 Å². The van der Waals surface area contributed by atoms with Gasteiger partial charge in [-0.05, 0) is 29.8 Å². The Morgan fingerprint density at radius 3 is 2.77 bits per heavy atom. The molecule has 0 bridgehead atoms. The van der Waals surface area contributed by atoms with Crippen LogP contribution in [-0.2, 0) is 21.1 Å². The molecule has 3 aromatic heterocycles. The molecule has 0 atom stereocenters. The molecule has 0 radical (unpaired) electrons. The van der Waals surface area contributed by atoms with E-state index >= 15 is 0 Å². The summed E-state index contributed by atoms with van der Waals surface area (Å²) >= 11 is 1.22. The van der Waals surface area contributed by atoms with Crippen molar-refractivity contribution < 1.29 is 13.2 Å². The number of rotatable bonds is 5. The summed E-state index contributed by atoms with van der Waals surface area (Å²) in [5, 5.41) is 8.35. The Labute approximate surface area is 183 Å². The summed E-state index contributed by atoms with van der Waals surface area (Å²) < 4.78 is 29.6. The van der Waals surface area contributed by atoms with Crippen LogP contribution in [0.1, 0.15) is 5.69 Å². The van der Waals surface area contributed by atoms with Crippen LogP contribution in [0.25, 0.3) is 32.6 Å². The highest BCUT2D eigenvalue weighted by atomic mass is 32.2. The first-order valence-electron chi connectivity index (χ1n) is 9.87. The van der Waals surface area contributed by atoms with Crippen molar-refractivity contribution in [3.63, 3.8) is 0 Å². The minimum atomic E-state index is -3.26. The number of H-pyrrole nitrogens is 1. The molecule has 1 fully saturated rings. The molecule has 0 amide bonds. The van der Waals surface area contributed by atoms with E-state index in [0.717, 1.165) is 71.1 Å². The third-order valence-corrected chi connectivity index (χ3v) is 8.23. The molecule has 1 N–H and O–H groups in total. The third kappa shape index (κ3) is 4.11. The van der Waals surface area contributed by atoms with Crippen LogP contribution in [0.3, 0.4) is 0 Å². The summed E-state index contributed by atoms with van der Waals surface area (Å²) in [5.74, 6) is 0. The lowest BCUT2D eigenvalue weighted by atomic mass is 10.0. The monoisotopic (exact) mass is 455 g/mol. The third-order valence-electron chi connectivity index (χ3n) is 5.32. The van der Waals surface area contributed by atoms with Gasteiger partial charge in [0.25, 0.3) is 0 Å². The van der Waals surface area contributed by atoms with E-state index in [2.05, 4.69) is 31.1 Å². The van der Waals surface area contributed by atoms with E-state index in [9.17, 15) is 8.42 Å². The molecular weight excluding hydrogens is 434 g/mol. The molecule has 31 heavy (non-hydrogen) atoms. The van der Waals surface area contributed by atoms with Gasteiger partial charge in [0.1, 0.15) is 10.5 Å². The molecule has 0 spiro atoms. The molecule has 5 rings (SSSR count). The minimum Gasteiger partial charge on any atom is -0.379 e. The van der Waals surface area contributed by atoms with Crippen molar-refractivity contribution in [3.8, 4) is 21.7 Å². The van der Waals surface area contributed by atoms with Crippen LogP contribution in [0.5, 0.6) is 0 Å². The highest BCUT2D eigenvalue weighted by Gasteiger charge is 2.18. The fourth-order valence-electron chi connectivity index (χ4n) is 3.73. The van der Waals surface area contributed by atoms with Gasteiger partial charge in [-0.15, -0.1) is 11.3 Å². The summed E-state index contributed by atoms with van der Waals surface area (Å²) in [5.41, 5.74) is 4.56. The first-order valence-corrected chi connectivity index (χ1v) is 12.6. The van der Waals surface area contributed by atoms with Crippen molar-refractivity contribution in [1.29, 1.82) is 0 Å². The molecule has 0 unspecified atom stereocenters. The van der Waals surface area contributed by atoms with Gasteiger partial charge in [-0.3, -0.25) is 10.00 Å². The van der Waals surface area contributed by atoms with Gasteiger partial charge in [0.15, 0.2) is 9.84 Å². The number of ether oxygens (including phenoxy) is 1. The van der Waals surface area contributed by atoms with E-state index in [0.29, 0.717) is 4.21 Å². The molecule has 8 nitrogen and oxygen atoms in total. The SMILES string of the molecule is CS(=O)(=O)c1ccc(-c2ncnc3ccc(-c4c[nH]nc4CN4CCOCC4)cc23)s1. The molecule has 4 aromatic rings. The fraction of sp³-hybridized carbons (Fsp3) is 0.286. The second kappa shape index (κ2) is 8.12. The van der Waals surface area contributed by atoms with Gasteiger partial charge in [0, 0.05) is 43.0 Å².